The third-order valence-electron chi connectivity index (χ3n) is 2.97. The number of nitrogens with zero attached hydrogens (tertiary/aromatic N) is 1. The van der Waals surface area contributed by atoms with E-state index in [1.807, 2.05) is 0 Å². The van der Waals surface area contributed by atoms with Crippen molar-refractivity contribution < 1.29 is 22.0 Å². The minimum atomic E-state index is -4.49. The van der Waals surface area contributed by atoms with Crippen molar-refractivity contribution in [2.24, 2.45) is 0 Å². The number of hydrogen-bond donors (Lipinski definition) is 1. The number of fused-ring (bicyclic) bond motifs is 1. The molecule has 2 aromatic carbocycles. The zero-order valence-corrected chi connectivity index (χ0v) is 10.3. The molecule has 0 bridgehead atoms. The Bertz CT molecular complexity index is 820. The largest absolute Gasteiger partial charge is 0.416 e. The summed E-state index contributed by atoms with van der Waals surface area (Å²) in [7, 11) is 0. The van der Waals surface area contributed by atoms with E-state index in [9.17, 15) is 22.0 Å². The van der Waals surface area contributed by atoms with Crippen LogP contribution in [0.4, 0.5) is 22.0 Å². The highest BCUT2D eigenvalue weighted by Crippen LogP contribution is 2.32. The predicted octanol–water partition coefficient (Wildman–Crippen LogP) is 4.53. The minimum Gasteiger partial charge on any atom is -0.338 e. The Hall–Kier alpha value is -2.44. The first kappa shape index (κ1) is 13.5. The van der Waals surface area contributed by atoms with E-state index in [0.717, 1.165) is 18.2 Å². The highest BCUT2D eigenvalue weighted by molar-refractivity contribution is 5.80. The lowest BCUT2D eigenvalue weighted by atomic mass is 10.1. The Morgan fingerprint density at radius 2 is 1.76 bits per heavy atom. The van der Waals surface area contributed by atoms with Crippen LogP contribution in [0.2, 0.25) is 0 Å². The minimum absolute atomic E-state index is 0.0422. The molecule has 3 rings (SSSR count). The molecule has 108 valence electrons. The Morgan fingerprint density at radius 3 is 2.48 bits per heavy atom. The molecule has 0 saturated heterocycles. The molecule has 0 spiro atoms. The Labute approximate surface area is 115 Å². The average molecular weight is 298 g/mol. The molecule has 0 amide bonds. The molecule has 7 heteroatoms. The molecule has 0 unspecified atom stereocenters. The average Bonchev–Trinajstić information content (AvgIpc) is 2.82. The molecule has 1 N–H and O–H groups in total. The van der Waals surface area contributed by atoms with Crippen LogP contribution in [-0.4, -0.2) is 9.97 Å². The van der Waals surface area contributed by atoms with Gasteiger partial charge in [0.2, 0.25) is 0 Å². The number of rotatable bonds is 1. The summed E-state index contributed by atoms with van der Waals surface area (Å²) in [6, 6.07) is 6.14. The van der Waals surface area contributed by atoms with Gasteiger partial charge >= 0.3 is 6.18 Å². The first-order valence-electron chi connectivity index (χ1n) is 5.87. The molecular formula is C14H7F5N2. The summed E-state index contributed by atoms with van der Waals surface area (Å²) in [5, 5.41) is 0. The molecule has 0 aliphatic carbocycles. The van der Waals surface area contributed by atoms with Crippen LogP contribution in [0, 0.1) is 11.6 Å². The van der Waals surface area contributed by atoms with Gasteiger partial charge in [-0.15, -0.1) is 0 Å². The van der Waals surface area contributed by atoms with Crippen LogP contribution in [0.5, 0.6) is 0 Å². The lowest BCUT2D eigenvalue weighted by Crippen LogP contribution is -2.04. The van der Waals surface area contributed by atoms with Crippen LogP contribution < -0.4 is 0 Å². The van der Waals surface area contributed by atoms with Gasteiger partial charge in [-0.3, -0.25) is 0 Å². The number of benzene rings is 2. The molecule has 0 radical (unpaired) electrons. The molecule has 0 fully saturated rings. The van der Waals surface area contributed by atoms with Crippen molar-refractivity contribution >= 4 is 11.0 Å². The molecule has 1 heterocycles. The quantitative estimate of drug-likeness (QED) is 0.657. The van der Waals surface area contributed by atoms with Crippen molar-refractivity contribution in [2.45, 2.75) is 6.18 Å². The lowest BCUT2D eigenvalue weighted by Gasteiger charge is -2.07. The third-order valence-corrected chi connectivity index (χ3v) is 2.97. The van der Waals surface area contributed by atoms with Crippen LogP contribution >= 0.6 is 0 Å². The van der Waals surface area contributed by atoms with Crippen LogP contribution in [0.3, 0.4) is 0 Å². The van der Waals surface area contributed by atoms with E-state index in [-0.39, 0.29) is 22.4 Å². The molecule has 0 atom stereocenters. The van der Waals surface area contributed by atoms with Gasteiger partial charge in [0.1, 0.15) is 17.2 Å². The summed E-state index contributed by atoms with van der Waals surface area (Å²) in [5.74, 6) is -1.63. The van der Waals surface area contributed by atoms with Crippen molar-refractivity contribution in [3.05, 3.63) is 53.6 Å². The van der Waals surface area contributed by atoms with E-state index < -0.39 is 23.4 Å². The SMILES string of the molecule is Fc1cc(F)c2nc(-c3cccc(C(F)(F)F)c3)[nH]c2c1. The topological polar surface area (TPSA) is 28.7 Å². The predicted molar refractivity (Wildman–Crippen MR) is 66.4 cm³/mol. The van der Waals surface area contributed by atoms with Crippen LogP contribution in [0.15, 0.2) is 36.4 Å². The molecule has 0 aliphatic rings. The van der Waals surface area contributed by atoms with E-state index in [0.29, 0.717) is 6.07 Å². The maximum Gasteiger partial charge on any atom is 0.416 e. The number of H-pyrrole nitrogens is 1. The van der Waals surface area contributed by atoms with Gasteiger partial charge in [0.15, 0.2) is 5.82 Å². The first-order chi connectivity index (χ1) is 9.84. The van der Waals surface area contributed by atoms with E-state index in [4.69, 9.17) is 0 Å². The maximum absolute atomic E-state index is 13.5. The van der Waals surface area contributed by atoms with Gasteiger partial charge in [0.25, 0.3) is 0 Å². The number of alkyl halides is 3. The maximum atomic E-state index is 13.5. The van der Waals surface area contributed by atoms with E-state index in [1.165, 1.54) is 12.1 Å². The number of hydrogen-bond acceptors (Lipinski definition) is 1. The molecule has 2 nitrogen and oxygen atoms in total. The highest BCUT2D eigenvalue weighted by atomic mass is 19.4. The smallest absolute Gasteiger partial charge is 0.338 e. The molecular weight excluding hydrogens is 291 g/mol. The second-order valence-corrected chi connectivity index (χ2v) is 4.45. The van der Waals surface area contributed by atoms with Crippen molar-refractivity contribution in [2.75, 3.05) is 0 Å². The van der Waals surface area contributed by atoms with Gasteiger partial charge in [0.05, 0.1) is 11.1 Å². The van der Waals surface area contributed by atoms with Gasteiger partial charge < -0.3 is 4.98 Å². The number of imidazole rings is 1. The van der Waals surface area contributed by atoms with E-state index in [1.54, 1.807) is 0 Å². The Balaban J connectivity index is 2.15. The monoisotopic (exact) mass is 298 g/mol. The Kier molecular flexibility index (Phi) is 2.93. The molecule has 1 aromatic heterocycles. The molecule has 21 heavy (non-hydrogen) atoms. The number of halogens is 5. The standard InChI is InChI=1S/C14H7F5N2/c15-9-5-10(16)12-11(6-9)20-13(21-12)7-2-1-3-8(4-7)14(17,18)19/h1-6H,(H,20,21). The van der Waals surface area contributed by atoms with Gasteiger partial charge in [-0.05, 0) is 18.2 Å². The summed E-state index contributed by atoms with van der Waals surface area (Å²) in [6.07, 6.45) is -4.49. The summed E-state index contributed by atoms with van der Waals surface area (Å²) in [4.78, 5) is 6.50. The summed E-state index contributed by atoms with van der Waals surface area (Å²) >= 11 is 0. The number of aromatic amines is 1. The van der Waals surface area contributed by atoms with Crippen LogP contribution in [0.25, 0.3) is 22.4 Å². The molecule has 3 aromatic rings. The fraction of sp³-hybridized carbons (Fsp3) is 0.0714. The van der Waals surface area contributed by atoms with Gasteiger partial charge in [-0.1, -0.05) is 12.1 Å². The summed E-state index contributed by atoms with van der Waals surface area (Å²) in [5.41, 5.74) is -0.739. The number of aromatic nitrogens is 2. The number of nitrogens with one attached hydrogen (secondary N) is 1. The Morgan fingerprint density at radius 1 is 1.00 bits per heavy atom. The van der Waals surface area contributed by atoms with Crippen molar-refractivity contribution in [1.82, 2.24) is 9.97 Å². The first-order valence-corrected chi connectivity index (χ1v) is 5.87. The molecule has 0 saturated carbocycles. The van der Waals surface area contributed by atoms with Crippen LogP contribution in [-0.2, 0) is 6.18 Å². The second-order valence-electron chi connectivity index (χ2n) is 4.45. The fourth-order valence-electron chi connectivity index (χ4n) is 2.02. The lowest BCUT2D eigenvalue weighted by molar-refractivity contribution is -0.137. The summed E-state index contributed by atoms with van der Waals surface area (Å²) in [6.45, 7) is 0. The van der Waals surface area contributed by atoms with Crippen LogP contribution in [0.1, 0.15) is 5.56 Å². The highest BCUT2D eigenvalue weighted by Gasteiger charge is 2.30. The fourth-order valence-corrected chi connectivity index (χ4v) is 2.02. The van der Waals surface area contributed by atoms with E-state index in [2.05, 4.69) is 9.97 Å². The third kappa shape index (κ3) is 2.46. The zero-order chi connectivity index (χ0) is 15.2. The van der Waals surface area contributed by atoms with Crippen molar-refractivity contribution in [3.8, 4) is 11.4 Å². The summed E-state index contributed by atoms with van der Waals surface area (Å²) < 4.78 is 64.6. The normalized spacial score (nSPS) is 12.0. The van der Waals surface area contributed by atoms with Gasteiger partial charge in [0, 0.05) is 11.6 Å². The van der Waals surface area contributed by atoms with E-state index >= 15 is 0 Å². The zero-order valence-electron chi connectivity index (χ0n) is 10.3. The second kappa shape index (κ2) is 4.54. The van der Waals surface area contributed by atoms with Crippen molar-refractivity contribution in [3.63, 3.8) is 0 Å². The van der Waals surface area contributed by atoms with Gasteiger partial charge in [-0.25, -0.2) is 13.8 Å². The van der Waals surface area contributed by atoms with Crippen molar-refractivity contribution in [1.29, 1.82) is 0 Å². The molecule has 0 aliphatic heterocycles. The van der Waals surface area contributed by atoms with Gasteiger partial charge in [-0.2, -0.15) is 13.2 Å².